The van der Waals surface area contributed by atoms with Crippen LogP contribution in [-0.4, -0.2) is 49.3 Å². The van der Waals surface area contributed by atoms with Crippen molar-refractivity contribution in [2.24, 2.45) is 4.99 Å². The lowest BCUT2D eigenvalue weighted by Gasteiger charge is -2.22. The van der Waals surface area contributed by atoms with Gasteiger partial charge in [0, 0.05) is 26.3 Å². The van der Waals surface area contributed by atoms with Crippen molar-refractivity contribution in [1.29, 1.82) is 0 Å². The van der Waals surface area contributed by atoms with Gasteiger partial charge in [0.25, 0.3) is 0 Å². The molecule has 3 heterocycles. The molecule has 24 heavy (non-hydrogen) atoms. The Morgan fingerprint density at radius 2 is 2.21 bits per heavy atom. The third-order valence-corrected chi connectivity index (χ3v) is 4.66. The van der Waals surface area contributed by atoms with Crippen LogP contribution in [0, 0.1) is 0 Å². The van der Waals surface area contributed by atoms with E-state index >= 15 is 0 Å². The maximum Gasteiger partial charge on any atom is 0.191 e. The molecule has 0 aromatic carbocycles. The van der Waals surface area contributed by atoms with E-state index in [4.69, 9.17) is 27.9 Å². The monoisotopic (exact) mass is 485 g/mol. The number of halogens is 3. The summed E-state index contributed by atoms with van der Waals surface area (Å²) in [5, 5.41) is 10.9. The standard InChI is InChI=1S/C15H21Cl2N5O.HI/c1-18-15(22-12-7-10-2-3-13(12)23-10)20-5-4-19-14-11(17)6-9(16)8-21-14;/h6,8,10,12-13H,2-5,7H2,1H3,(H,19,21)(H2,18,20,22);1H. The van der Waals surface area contributed by atoms with Gasteiger partial charge in [0.15, 0.2) is 5.96 Å². The van der Waals surface area contributed by atoms with Crippen LogP contribution in [0.15, 0.2) is 17.3 Å². The Labute approximate surface area is 169 Å². The third kappa shape index (κ3) is 5.00. The van der Waals surface area contributed by atoms with Crippen LogP contribution in [0.5, 0.6) is 0 Å². The molecule has 1 aromatic rings. The predicted molar refractivity (Wildman–Crippen MR) is 109 cm³/mol. The molecule has 9 heteroatoms. The Morgan fingerprint density at radius 1 is 1.38 bits per heavy atom. The zero-order valence-corrected chi connectivity index (χ0v) is 17.2. The number of nitrogens with one attached hydrogen (secondary N) is 3. The van der Waals surface area contributed by atoms with Crippen LogP contribution >= 0.6 is 47.2 Å². The predicted octanol–water partition coefficient (Wildman–Crippen LogP) is 2.90. The van der Waals surface area contributed by atoms with Gasteiger partial charge < -0.3 is 20.7 Å². The Hall–Kier alpha value is -0.510. The number of aromatic nitrogens is 1. The number of hydrogen-bond acceptors (Lipinski definition) is 4. The van der Waals surface area contributed by atoms with Crippen LogP contribution in [0.4, 0.5) is 5.82 Å². The van der Waals surface area contributed by atoms with Gasteiger partial charge in [0.2, 0.25) is 0 Å². The van der Waals surface area contributed by atoms with Crippen LogP contribution in [0.1, 0.15) is 19.3 Å². The molecular weight excluding hydrogens is 464 g/mol. The van der Waals surface area contributed by atoms with E-state index in [1.165, 1.54) is 6.42 Å². The molecule has 1 aromatic heterocycles. The molecule has 2 saturated heterocycles. The van der Waals surface area contributed by atoms with Crippen molar-refractivity contribution in [3.8, 4) is 0 Å². The maximum atomic E-state index is 6.07. The molecule has 3 unspecified atom stereocenters. The minimum atomic E-state index is 0. The van der Waals surface area contributed by atoms with E-state index in [0.29, 0.717) is 47.2 Å². The molecule has 134 valence electrons. The second-order valence-electron chi connectivity index (χ2n) is 5.77. The van der Waals surface area contributed by atoms with E-state index in [-0.39, 0.29) is 24.0 Å². The van der Waals surface area contributed by atoms with Crippen LogP contribution < -0.4 is 16.0 Å². The number of ether oxygens (including phenoxy) is 1. The summed E-state index contributed by atoms with van der Waals surface area (Å²) in [4.78, 5) is 8.42. The van der Waals surface area contributed by atoms with Gasteiger partial charge >= 0.3 is 0 Å². The maximum absolute atomic E-state index is 6.07. The molecular formula is C15H22Cl2IN5O. The topological polar surface area (TPSA) is 70.6 Å². The molecule has 2 fully saturated rings. The smallest absolute Gasteiger partial charge is 0.191 e. The normalized spacial score (nSPS) is 25.3. The second kappa shape index (κ2) is 9.26. The van der Waals surface area contributed by atoms with Crippen molar-refractivity contribution >= 4 is 59.0 Å². The van der Waals surface area contributed by atoms with Gasteiger partial charge in [-0.1, -0.05) is 23.2 Å². The van der Waals surface area contributed by atoms with Gasteiger partial charge in [-0.3, -0.25) is 4.99 Å². The first-order valence-electron chi connectivity index (χ1n) is 7.83. The van der Waals surface area contributed by atoms with E-state index in [1.54, 1.807) is 19.3 Å². The summed E-state index contributed by atoms with van der Waals surface area (Å²) in [6.45, 7) is 1.37. The van der Waals surface area contributed by atoms with Crippen LogP contribution in [0.3, 0.4) is 0 Å². The molecule has 2 bridgehead atoms. The summed E-state index contributed by atoms with van der Waals surface area (Å²) in [5.74, 6) is 1.42. The summed E-state index contributed by atoms with van der Waals surface area (Å²) >= 11 is 11.9. The number of fused-ring (bicyclic) bond motifs is 2. The lowest BCUT2D eigenvalue weighted by atomic mass is 9.96. The zero-order chi connectivity index (χ0) is 16.2. The Kier molecular flexibility index (Phi) is 7.64. The lowest BCUT2D eigenvalue weighted by Crippen LogP contribution is -2.48. The van der Waals surface area contributed by atoms with Gasteiger partial charge in [0.1, 0.15) is 5.82 Å². The molecule has 6 nitrogen and oxygen atoms in total. The summed E-state index contributed by atoms with van der Waals surface area (Å²) in [6, 6.07) is 2.03. The van der Waals surface area contributed by atoms with Crippen molar-refractivity contribution in [3.63, 3.8) is 0 Å². The summed E-state index contributed by atoms with van der Waals surface area (Å²) in [6.07, 6.45) is 5.71. The molecule has 2 aliphatic rings. The number of rotatable bonds is 5. The number of pyridine rings is 1. The molecule has 0 spiro atoms. The molecule has 0 saturated carbocycles. The highest BCUT2D eigenvalue weighted by molar-refractivity contribution is 14.0. The first-order valence-corrected chi connectivity index (χ1v) is 8.59. The largest absolute Gasteiger partial charge is 0.373 e. The van der Waals surface area contributed by atoms with E-state index in [2.05, 4.69) is 25.9 Å². The third-order valence-electron chi connectivity index (χ3n) is 4.17. The quantitative estimate of drug-likeness (QED) is 0.259. The fraction of sp³-hybridized carbons (Fsp3) is 0.600. The highest BCUT2D eigenvalue weighted by Crippen LogP contribution is 2.34. The molecule has 3 N–H and O–H groups in total. The van der Waals surface area contributed by atoms with Crippen molar-refractivity contribution in [2.75, 3.05) is 25.5 Å². The average molecular weight is 486 g/mol. The number of hydrogen-bond donors (Lipinski definition) is 3. The van der Waals surface area contributed by atoms with Gasteiger partial charge in [-0.2, -0.15) is 0 Å². The number of aliphatic imine (C=N–C) groups is 1. The summed E-state index contributed by atoms with van der Waals surface area (Å²) in [7, 11) is 1.77. The number of nitrogens with zero attached hydrogens (tertiary/aromatic N) is 2. The van der Waals surface area contributed by atoms with Gasteiger partial charge in [-0.25, -0.2) is 4.98 Å². The molecule has 0 radical (unpaired) electrons. The highest BCUT2D eigenvalue weighted by atomic mass is 127. The highest BCUT2D eigenvalue weighted by Gasteiger charge is 2.41. The molecule has 0 aliphatic carbocycles. The summed E-state index contributed by atoms with van der Waals surface area (Å²) < 4.78 is 5.85. The second-order valence-corrected chi connectivity index (χ2v) is 6.61. The minimum absolute atomic E-state index is 0. The van der Waals surface area contributed by atoms with Crippen molar-refractivity contribution in [3.05, 3.63) is 22.3 Å². The van der Waals surface area contributed by atoms with Crippen LogP contribution in [0.2, 0.25) is 10.0 Å². The van der Waals surface area contributed by atoms with Crippen LogP contribution in [0.25, 0.3) is 0 Å². The number of guanidine groups is 1. The Morgan fingerprint density at radius 3 is 2.83 bits per heavy atom. The molecule has 3 rings (SSSR count). The molecule has 3 atom stereocenters. The lowest BCUT2D eigenvalue weighted by molar-refractivity contribution is 0.0992. The van der Waals surface area contributed by atoms with Crippen molar-refractivity contribution < 1.29 is 4.74 Å². The number of anilines is 1. The van der Waals surface area contributed by atoms with E-state index in [0.717, 1.165) is 18.8 Å². The van der Waals surface area contributed by atoms with Crippen LogP contribution in [-0.2, 0) is 4.74 Å². The van der Waals surface area contributed by atoms with E-state index < -0.39 is 0 Å². The SMILES string of the molecule is CN=C(NCCNc1ncc(Cl)cc1Cl)NC1CC2CCC1O2.I. The Bertz CT molecular complexity index is 589. The average Bonchev–Trinajstić information content (AvgIpc) is 3.14. The van der Waals surface area contributed by atoms with E-state index in [1.807, 2.05) is 0 Å². The van der Waals surface area contributed by atoms with Gasteiger partial charge in [-0.15, -0.1) is 24.0 Å². The Balaban J connectivity index is 0.00000208. The fourth-order valence-corrected chi connectivity index (χ4v) is 3.51. The summed E-state index contributed by atoms with van der Waals surface area (Å²) in [5.41, 5.74) is 0. The first-order chi connectivity index (χ1) is 11.2. The van der Waals surface area contributed by atoms with Gasteiger partial charge in [0.05, 0.1) is 28.3 Å². The van der Waals surface area contributed by atoms with Crippen molar-refractivity contribution in [2.45, 2.75) is 37.5 Å². The molecule has 0 amide bonds. The zero-order valence-electron chi connectivity index (χ0n) is 13.4. The van der Waals surface area contributed by atoms with Gasteiger partial charge in [-0.05, 0) is 25.3 Å². The minimum Gasteiger partial charge on any atom is -0.373 e. The molecule has 2 aliphatic heterocycles. The fourth-order valence-electron chi connectivity index (χ4n) is 3.07. The first kappa shape index (κ1) is 19.8. The van der Waals surface area contributed by atoms with E-state index in [9.17, 15) is 0 Å². The van der Waals surface area contributed by atoms with Crippen molar-refractivity contribution in [1.82, 2.24) is 15.6 Å².